The zero-order valence-corrected chi connectivity index (χ0v) is 21.5. The number of rotatable bonds is 9. The van der Waals surface area contributed by atoms with Crippen molar-refractivity contribution in [1.82, 2.24) is 20.2 Å². The van der Waals surface area contributed by atoms with E-state index in [1.54, 1.807) is 6.07 Å². The molecular weight excluding hydrogens is 531 g/mol. The molecule has 0 saturated carbocycles. The summed E-state index contributed by atoms with van der Waals surface area (Å²) < 4.78 is 5.78. The van der Waals surface area contributed by atoms with Gasteiger partial charge in [-0.05, 0) is 24.6 Å². The van der Waals surface area contributed by atoms with Crippen LogP contribution >= 0.6 is 24.0 Å². The predicted octanol–water partition coefficient (Wildman–Crippen LogP) is 4.13. The van der Waals surface area contributed by atoms with E-state index in [-0.39, 0.29) is 29.9 Å². The smallest absolute Gasteiger partial charge is 0.221 e. The van der Waals surface area contributed by atoms with Crippen LogP contribution in [0.3, 0.4) is 0 Å². The molecule has 0 saturated heterocycles. The van der Waals surface area contributed by atoms with Crippen LogP contribution in [0.5, 0.6) is 5.75 Å². The predicted molar refractivity (Wildman–Crippen MR) is 143 cm³/mol. The van der Waals surface area contributed by atoms with E-state index in [1.807, 2.05) is 61.5 Å². The summed E-state index contributed by atoms with van der Waals surface area (Å²) in [7, 11) is 1.98. The molecule has 0 bridgehead atoms. The van der Waals surface area contributed by atoms with Crippen LogP contribution in [0.15, 0.2) is 65.8 Å². The molecule has 0 spiro atoms. The summed E-state index contributed by atoms with van der Waals surface area (Å²) >= 11 is 0. The van der Waals surface area contributed by atoms with Gasteiger partial charge in [-0.15, -0.1) is 24.0 Å². The molecule has 9 heteroatoms. The first-order valence-corrected chi connectivity index (χ1v) is 10.6. The summed E-state index contributed by atoms with van der Waals surface area (Å²) in [4.78, 5) is 25.8. The van der Waals surface area contributed by atoms with Crippen molar-refractivity contribution >= 4 is 41.5 Å². The highest BCUT2D eigenvalue weighted by atomic mass is 127. The lowest BCUT2D eigenvalue weighted by Crippen LogP contribution is -2.39. The van der Waals surface area contributed by atoms with E-state index in [0.717, 1.165) is 29.6 Å². The lowest BCUT2D eigenvalue weighted by Gasteiger charge is -2.21. The lowest BCUT2D eigenvalue weighted by atomic mass is 10.2. The summed E-state index contributed by atoms with van der Waals surface area (Å²) in [5.74, 6) is 2.22. The number of ether oxygens (including phenoxy) is 1. The molecular formula is C24H31IN6O2. The van der Waals surface area contributed by atoms with Crippen LogP contribution in [-0.2, 0) is 11.3 Å². The number of amides is 1. The molecule has 1 heterocycles. The van der Waals surface area contributed by atoms with Crippen LogP contribution in [0, 0.1) is 0 Å². The fourth-order valence-corrected chi connectivity index (χ4v) is 3.16. The Morgan fingerprint density at radius 1 is 1.18 bits per heavy atom. The second-order valence-corrected chi connectivity index (χ2v) is 7.26. The van der Waals surface area contributed by atoms with E-state index in [9.17, 15) is 4.79 Å². The first-order valence-electron chi connectivity index (χ1n) is 10.6. The number of nitrogens with zero attached hydrogens (tertiary/aromatic N) is 3. The average molecular weight is 562 g/mol. The van der Waals surface area contributed by atoms with Crippen molar-refractivity contribution in [3.63, 3.8) is 0 Å². The Bertz CT molecular complexity index is 1040. The zero-order valence-electron chi connectivity index (χ0n) is 19.2. The molecule has 8 nitrogen and oxygen atoms in total. The number of aromatic amines is 1. The molecule has 0 aliphatic rings. The maximum atomic E-state index is 11.2. The van der Waals surface area contributed by atoms with Crippen molar-refractivity contribution in [1.29, 1.82) is 0 Å². The largest absolute Gasteiger partial charge is 0.492 e. The number of aromatic nitrogens is 2. The lowest BCUT2D eigenvalue weighted by molar-refractivity contribution is -0.114. The van der Waals surface area contributed by atoms with Gasteiger partial charge in [0.25, 0.3) is 0 Å². The van der Waals surface area contributed by atoms with Gasteiger partial charge in [0.15, 0.2) is 5.96 Å². The van der Waals surface area contributed by atoms with Gasteiger partial charge in [0, 0.05) is 32.3 Å². The van der Waals surface area contributed by atoms with E-state index in [2.05, 4.69) is 37.7 Å². The molecule has 3 N–H and O–H groups in total. The van der Waals surface area contributed by atoms with Crippen molar-refractivity contribution < 1.29 is 9.53 Å². The van der Waals surface area contributed by atoms with Gasteiger partial charge in [-0.2, -0.15) is 0 Å². The summed E-state index contributed by atoms with van der Waals surface area (Å²) in [6.45, 7) is 5.78. The highest BCUT2D eigenvalue weighted by molar-refractivity contribution is 14.0. The molecule has 2 aromatic carbocycles. The fourth-order valence-electron chi connectivity index (χ4n) is 3.16. The Hall–Kier alpha value is -3.08. The Morgan fingerprint density at radius 2 is 1.97 bits per heavy atom. The van der Waals surface area contributed by atoms with E-state index >= 15 is 0 Å². The van der Waals surface area contributed by atoms with Gasteiger partial charge in [-0.3, -0.25) is 4.79 Å². The van der Waals surface area contributed by atoms with Crippen LogP contribution in [0.4, 0.5) is 5.69 Å². The molecule has 3 aromatic rings. The van der Waals surface area contributed by atoms with Crippen molar-refractivity contribution in [3.05, 3.63) is 66.6 Å². The van der Waals surface area contributed by atoms with E-state index in [4.69, 9.17) is 4.74 Å². The standard InChI is InChI=1S/C24H30N6O2.HI/c1-4-25-24(26-13-14-32-21-12-8-11-20(15-21)28-18(2)31)30(3)17-23-27-16-22(29-23)19-9-6-5-7-10-19;/h5-12,15-16H,4,13-14,17H2,1-3H3,(H,25,26)(H,27,29)(H,28,31);1H. The van der Waals surface area contributed by atoms with Gasteiger partial charge in [-0.1, -0.05) is 36.4 Å². The molecule has 33 heavy (non-hydrogen) atoms. The second kappa shape index (κ2) is 13.5. The van der Waals surface area contributed by atoms with Gasteiger partial charge in [0.1, 0.15) is 18.2 Å². The highest BCUT2D eigenvalue weighted by Crippen LogP contribution is 2.18. The third kappa shape index (κ3) is 8.41. The Balaban J connectivity index is 0.00000385. The van der Waals surface area contributed by atoms with E-state index in [1.165, 1.54) is 6.92 Å². The number of benzene rings is 2. The van der Waals surface area contributed by atoms with E-state index in [0.29, 0.717) is 31.1 Å². The Kier molecular flexibility index (Phi) is 10.7. The van der Waals surface area contributed by atoms with Crippen molar-refractivity contribution in [2.75, 3.05) is 32.1 Å². The van der Waals surface area contributed by atoms with Crippen LogP contribution in [0.2, 0.25) is 0 Å². The van der Waals surface area contributed by atoms with Crippen molar-refractivity contribution in [2.45, 2.75) is 20.4 Å². The molecule has 0 radical (unpaired) electrons. The molecule has 0 fully saturated rings. The molecule has 0 atom stereocenters. The minimum Gasteiger partial charge on any atom is -0.492 e. The number of guanidine groups is 1. The third-order valence-electron chi connectivity index (χ3n) is 4.57. The zero-order chi connectivity index (χ0) is 22.8. The van der Waals surface area contributed by atoms with Gasteiger partial charge in [0.05, 0.1) is 25.0 Å². The maximum Gasteiger partial charge on any atom is 0.221 e. The quantitative estimate of drug-likeness (QED) is 0.158. The molecule has 1 aromatic heterocycles. The maximum absolute atomic E-state index is 11.2. The Labute approximate surface area is 211 Å². The second-order valence-electron chi connectivity index (χ2n) is 7.26. The number of nitrogens with one attached hydrogen (secondary N) is 3. The molecule has 0 aliphatic carbocycles. The van der Waals surface area contributed by atoms with Gasteiger partial charge in [-0.25, -0.2) is 9.98 Å². The number of hydrogen-bond acceptors (Lipinski definition) is 4. The average Bonchev–Trinajstić information content (AvgIpc) is 3.25. The van der Waals surface area contributed by atoms with Crippen LogP contribution in [-0.4, -0.2) is 53.5 Å². The number of H-pyrrole nitrogens is 1. The minimum atomic E-state index is -0.113. The van der Waals surface area contributed by atoms with Crippen molar-refractivity contribution in [2.24, 2.45) is 4.99 Å². The number of carbonyl (C=O) groups is 1. The molecule has 0 unspecified atom stereocenters. The normalized spacial score (nSPS) is 10.8. The number of aliphatic imine (C=N–C) groups is 1. The molecule has 176 valence electrons. The van der Waals surface area contributed by atoms with E-state index < -0.39 is 0 Å². The number of imidazole rings is 1. The molecule has 3 rings (SSSR count). The van der Waals surface area contributed by atoms with Crippen LogP contribution < -0.4 is 15.4 Å². The molecule has 1 amide bonds. The summed E-state index contributed by atoms with van der Waals surface area (Å²) in [6, 6.07) is 17.4. The molecule has 0 aliphatic heterocycles. The monoisotopic (exact) mass is 562 g/mol. The third-order valence-corrected chi connectivity index (χ3v) is 4.57. The fraction of sp³-hybridized carbons (Fsp3) is 0.292. The highest BCUT2D eigenvalue weighted by Gasteiger charge is 2.10. The SMILES string of the molecule is CCNC(=NCCOc1cccc(NC(C)=O)c1)N(C)Cc1ncc(-c2ccccc2)[nH]1.I. The minimum absolute atomic E-state index is 0. The summed E-state index contributed by atoms with van der Waals surface area (Å²) in [5, 5.41) is 6.05. The number of anilines is 1. The Morgan fingerprint density at radius 3 is 2.70 bits per heavy atom. The van der Waals surface area contributed by atoms with Gasteiger partial charge < -0.3 is 25.3 Å². The van der Waals surface area contributed by atoms with Gasteiger partial charge >= 0.3 is 0 Å². The van der Waals surface area contributed by atoms with Crippen LogP contribution in [0.1, 0.15) is 19.7 Å². The van der Waals surface area contributed by atoms with Crippen LogP contribution in [0.25, 0.3) is 11.3 Å². The van der Waals surface area contributed by atoms with Crippen molar-refractivity contribution in [3.8, 4) is 17.0 Å². The summed E-state index contributed by atoms with van der Waals surface area (Å²) in [6.07, 6.45) is 1.85. The number of halogens is 1. The first kappa shape index (κ1) is 26.2. The number of hydrogen-bond donors (Lipinski definition) is 3. The number of carbonyl (C=O) groups excluding carboxylic acids is 1. The topological polar surface area (TPSA) is 94.6 Å². The summed E-state index contributed by atoms with van der Waals surface area (Å²) in [5.41, 5.74) is 2.81. The van der Waals surface area contributed by atoms with Gasteiger partial charge in [0.2, 0.25) is 5.91 Å². The first-order chi connectivity index (χ1) is 15.5.